The maximum Gasteiger partial charge on any atom is 0.252 e. The fraction of sp³-hybridized carbons (Fsp3) is 0.188. The van der Waals surface area contributed by atoms with Crippen LogP contribution in [0.3, 0.4) is 0 Å². The lowest BCUT2D eigenvalue weighted by Crippen LogP contribution is -2.27. The molecule has 1 unspecified atom stereocenters. The summed E-state index contributed by atoms with van der Waals surface area (Å²) in [5.74, 6) is -0.150. The van der Waals surface area contributed by atoms with Crippen molar-refractivity contribution in [1.29, 1.82) is 0 Å². The van der Waals surface area contributed by atoms with E-state index in [9.17, 15) is 4.79 Å². The molecule has 0 aliphatic heterocycles. The summed E-state index contributed by atoms with van der Waals surface area (Å²) in [6.07, 6.45) is 0. The van der Waals surface area contributed by atoms with Crippen LogP contribution in [0.5, 0.6) is 0 Å². The molecule has 2 rings (SSSR count). The van der Waals surface area contributed by atoms with Gasteiger partial charge in [-0.2, -0.15) is 0 Å². The highest BCUT2D eigenvalue weighted by Gasteiger charge is 2.15. The molecule has 3 N–H and O–H groups in total. The first-order valence-corrected chi connectivity index (χ1v) is 7.67. The lowest BCUT2D eigenvalue weighted by atomic mass is 10.0. The second kappa shape index (κ2) is 6.50. The summed E-state index contributed by atoms with van der Waals surface area (Å²) in [6.45, 7) is 3.77. The number of anilines is 1. The van der Waals surface area contributed by atoms with Crippen molar-refractivity contribution in [2.45, 2.75) is 19.9 Å². The fourth-order valence-electron chi connectivity index (χ4n) is 2.05. The van der Waals surface area contributed by atoms with Crippen molar-refractivity contribution in [1.82, 2.24) is 5.32 Å². The third kappa shape index (κ3) is 3.77. The molecule has 0 spiro atoms. The average molecular weight is 368 g/mol. The zero-order valence-corrected chi connectivity index (χ0v) is 14.1. The molecule has 0 bridgehead atoms. The zero-order valence-electron chi connectivity index (χ0n) is 11.8. The molecule has 3 nitrogen and oxygen atoms in total. The Morgan fingerprint density at radius 1 is 1.29 bits per heavy atom. The molecule has 2 aromatic rings. The summed E-state index contributed by atoms with van der Waals surface area (Å²) in [5, 5.41) is 3.64. The van der Waals surface area contributed by atoms with Gasteiger partial charge in [-0.15, -0.1) is 0 Å². The van der Waals surface area contributed by atoms with Crippen LogP contribution in [-0.2, 0) is 0 Å². The molecule has 0 saturated heterocycles. The standard InChI is InChI=1S/C16H16BrClN2O/c1-9-14(7-12(17)8-15(9)19)16(21)20-10(2)11-3-5-13(18)6-4-11/h3-8,10H,19H2,1-2H3,(H,20,21). The van der Waals surface area contributed by atoms with Gasteiger partial charge in [-0.1, -0.05) is 39.7 Å². The third-order valence-electron chi connectivity index (χ3n) is 3.37. The first kappa shape index (κ1) is 15.9. The van der Waals surface area contributed by atoms with Crippen LogP contribution in [-0.4, -0.2) is 5.91 Å². The van der Waals surface area contributed by atoms with Gasteiger partial charge in [0.05, 0.1) is 6.04 Å². The van der Waals surface area contributed by atoms with Crippen LogP contribution in [0.4, 0.5) is 5.69 Å². The largest absolute Gasteiger partial charge is 0.398 e. The summed E-state index contributed by atoms with van der Waals surface area (Å²) in [5.41, 5.74) is 8.83. The number of halogens is 2. The number of hydrogen-bond donors (Lipinski definition) is 2. The van der Waals surface area contributed by atoms with Gasteiger partial charge in [-0.05, 0) is 49.2 Å². The van der Waals surface area contributed by atoms with E-state index < -0.39 is 0 Å². The fourth-order valence-corrected chi connectivity index (χ4v) is 2.65. The van der Waals surface area contributed by atoms with Crippen molar-refractivity contribution >= 4 is 39.1 Å². The maximum absolute atomic E-state index is 12.4. The number of nitrogen functional groups attached to an aromatic ring is 1. The van der Waals surface area contributed by atoms with E-state index in [0.29, 0.717) is 16.3 Å². The lowest BCUT2D eigenvalue weighted by molar-refractivity contribution is 0.0939. The number of nitrogens with one attached hydrogen (secondary N) is 1. The third-order valence-corrected chi connectivity index (χ3v) is 4.08. The second-order valence-electron chi connectivity index (χ2n) is 4.91. The van der Waals surface area contributed by atoms with Gasteiger partial charge in [-0.3, -0.25) is 4.79 Å². The molecule has 0 aliphatic rings. The Morgan fingerprint density at radius 3 is 2.52 bits per heavy atom. The average Bonchev–Trinajstić information content (AvgIpc) is 2.43. The molecule has 5 heteroatoms. The van der Waals surface area contributed by atoms with Crippen LogP contribution in [0.25, 0.3) is 0 Å². The Labute approximate surface area is 137 Å². The van der Waals surface area contributed by atoms with Gasteiger partial charge in [0.1, 0.15) is 0 Å². The number of hydrogen-bond acceptors (Lipinski definition) is 2. The number of benzene rings is 2. The van der Waals surface area contributed by atoms with E-state index in [1.807, 2.05) is 38.1 Å². The van der Waals surface area contributed by atoms with E-state index in [2.05, 4.69) is 21.2 Å². The van der Waals surface area contributed by atoms with Crippen molar-refractivity contribution in [2.75, 3.05) is 5.73 Å². The Kier molecular flexibility index (Phi) is 4.91. The first-order valence-electron chi connectivity index (χ1n) is 6.50. The summed E-state index contributed by atoms with van der Waals surface area (Å²) in [7, 11) is 0. The Balaban J connectivity index is 2.20. The van der Waals surface area contributed by atoms with E-state index in [1.165, 1.54) is 0 Å². The molecule has 21 heavy (non-hydrogen) atoms. The molecule has 0 saturated carbocycles. The van der Waals surface area contributed by atoms with Crippen LogP contribution >= 0.6 is 27.5 Å². The van der Waals surface area contributed by atoms with E-state index in [1.54, 1.807) is 12.1 Å². The van der Waals surface area contributed by atoms with Crippen molar-refractivity contribution in [3.63, 3.8) is 0 Å². The quantitative estimate of drug-likeness (QED) is 0.786. The van der Waals surface area contributed by atoms with Crippen LogP contribution in [0, 0.1) is 6.92 Å². The van der Waals surface area contributed by atoms with Gasteiger partial charge in [0.15, 0.2) is 0 Å². The molecular formula is C16H16BrClN2O. The van der Waals surface area contributed by atoms with Crippen molar-refractivity contribution in [2.24, 2.45) is 0 Å². The molecule has 0 radical (unpaired) electrons. The topological polar surface area (TPSA) is 55.1 Å². The molecule has 0 fully saturated rings. The normalized spacial score (nSPS) is 12.0. The smallest absolute Gasteiger partial charge is 0.252 e. The van der Waals surface area contributed by atoms with Gasteiger partial charge < -0.3 is 11.1 Å². The van der Waals surface area contributed by atoms with E-state index in [-0.39, 0.29) is 11.9 Å². The number of nitrogens with two attached hydrogens (primary N) is 1. The Bertz CT molecular complexity index is 671. The van der Waals surface area contributed by atoms with E-state index in [0.717, 1.165) is 15.6 Å². The SMILES string of the molecule is Cc1c(N)cc(Br)cc1C(=O)NC(C)c1ccc(Cl)cc1. The highest BCUT2D eigenvalue weighted by molar-refractivity contribution is 9.10. The minimum Gasteiger partial charge on any atom is -0.398 e. The van der Waals surface area contributed by atoms with Crippen LogP contribution in [0.15, 0.2) is 40.9 Å². The van der Waals surface area contributed by atoms with Gasteiger partial charge in [-0.25, -0.2) is 0 Å². The number of rotatable bonds is 3. The molecular weight excluding hydrogens is 352 g/mol. The summed E-state index contributed by atoms with van der Waals surface area (Å²) in [4.78, 5) is 12.4. The van der Waals surface area contributed by atoms with Crippen LogP contribution in [0.1, 0.15) is 34.5 Å². The van der Waals surface area contributed by atoms with Crippen LogP contribution < -0.4 is 11.1 Å². The lowest BCUT2D eigenvalue weighted by Gasteiger charge is -2.16. The maximum atomic E-state index is 12.4. The number of amides is 1. The van der Waals surface area contributed by atoms with Gasteiger partial charge >= 0.3 is 0 Å². The van der Waals surface area contributed by atoms with Crippen molar-refractivity contribution < 1.29 is 4.79 Å². The number of carbonyl (C=O) groups is 1. The van der Waals surface area contributed by atoms with Crippen LogP contribution in [0.2, 0.25) is 5.02 Å². The molecule has 2 aromatic carbocycles. The predicted molar refractivity (Wildman–Crippen MR) is 90.6 cm³/mol. The van der Waals surface area contributed by atoms with Crippen molar-refractivity contribution in [3.05, 3.63) is 62.6 Å². The molecule has 0 heterocycles. The summed E-state index contributed by atoms with van der Waals surface area (Å²) in [6, 6.07) is 10.9. The van der Waals surface area contributed by atoms with Gasteiger partial charge in [0.2, 0.25) is 0 Å². The molecule has 0 aromatic heterocycles. The zero-order chi connectivity index (χ0) is 15.6. The summed E-state index contributed by atoms with van der Waals surface area (Å²) >= 11 is 9.23. The minimum atomic E-state index is -0.150. The van der Waals surface area contributed by atoms with Gasteiger partial charge in [0, 0.05) is 20.7 Å². The first-order chi connectivity index (χ1) is 9.88. The molecule has 1 atom stereocenters. The monoisotopic (exact) mass is 366 g/mol. The molecule has 1 amide bonds. The highest BCUT2D eigenvalue weighted by atomic mass is 79.9. The highest BCUT2D eigenvalue weighted by Crippen LogP contribution is 2.24. The van der Waals surface area contributed by atoms with E-state index >= 15 is 0 Å². The predicted octanol–water partition coefficient (Wildman–Crippen LogP) is 4.48. The Morgan fingerprint density at radius 2 is 1.90 bits per heavy atom. The molecule has 110 valence electrons. The Hall–Kier alpha value is -1.52. The second-order valence-corrected chi connectivity index (χ2v) is 6.27. The number of carbonyl (C=O) groups excluding carboxylic acids is 1. The summed E-state index contributed by atoms with van der Waals surface area (Å²) < 4.78 is 0.787. The van der Waals surface area contributed by atoms with Crippen molar-refractivity contribution in [3.8, 4) is 0 Å². The molecule has 0 aliphatic carbocycles. The minimum absolute atomic E-state index is 0.116. The van der Waals surface area contributed by atoms with E-state index in [4.69, 9.17) is 17.3 Å². The van der Waals surface area contributed by atoms with Gasteiger partial charge in [0.25, 0.3) is 5.91 Å².